The SMILES string of the molecule is O=C1CC[C@H]2CCC1C2. The largest absolute Gasteiger partial charge is 0.299 e. The number of hydrogen-bond acceptors (Lipinski definition) is 1. The van der Waals surface area contributed by atoms with Crippen molar-refractivity contribution in [1.82, 2.24) is 0 Å². The van der Waals surface area contributed by atoms with Crippen molar-refractivity contribution in [2.45, 2.75) is 32.1 Å². The van der Waals surface area contributed by atoms with Crippen molar-refractivity contribution in [3.8, 4) is 0 Å². The molecule has 9 heavy (non-hydrogen) atoms. The number of rotatable bonds is 0. The Kier molecular flexibility index (Phi) is 1.11. The number of hydrogen-bond donors (Lipinski definition) is 0. The number of carbonyl (C=O) groups excluding carboxylic acids is 1. The van der Waals surface area contributed by atoms with E-state index < -0.39 is 0 Å². The molecular weight excluding hydrogens is 112 g/mol. The maximum atomic E-state index is 11.1. The number of ketones is 1. The molecule has 0 aromatic carbocycles. The molecule has 0 N–H and O–H groups in total. The molecular formula is C8H12O. The first-order valence-corrected chi connectivity index (χ1v) is 3.89. The second-order valence-electron chi connectivity index (χ2n) is 3.38. The third kappa shape index (κ3) is 0.790. The van der Waals surface area contributed by atoms with Crippen LogP contribution in [0.2, 0.25) is 0 Å². The second kappa shape index (κ2) is 1.83. The van der Waals surface area contributed by atoms with Crippen LogP contribution in [0, 0.1) is 11.8 Å². The fourth-order valence-electron chi connectivity index (χ4n) is 2.18. The fourth-order valence-corrected chi connectivity index (χ4v) is 2.18. The van der Waals surface area contributed by atoms with E-state index >= 15 is 0 Å². The zero-order valence-electron chi connectivity index (χ0n) is 5.60. The highest BCUT2D eigenvalue weighted by Gasteiger charge is 2.33. The van der Waals surface area contributed by atoms with Gasteiger partial charge < -0.3 is 0 Å². The molecule has 0 saturated heterocycles. The van der Waals surface area contributed by atoms with Gasteiger partial charge in [0.25, 0.3) is 0 Å². The summed E-state index contributed by atoms with van der Waals surface area (Å²) < 4.78 is 0. The molecule has 0 heterocycles. The number of fused-ring (bicyclic) bond motifs is 2. The summed E-state index contributed by atoms with van der Waals surface area (Å²) >= 11 is 0. The molecule has 0 aromatic heterocycles. The Labute approximate surface area is 55.4 Å². The molecule has 2 aliphatic rings. The molecule has 2 bridgehead atoms. The number of carbonyl (C=O) groups is 1. The Morgan fingerprint density at radius 3 is 2.89 bits per heavy atom. The normalized spacial score (nSPS) is 41.6. The molecule has 50 valence electrons. The maximum absolute atomic E-state index is 11.1. The summed E-state index contributed by atoms with van der Waals surface area (Å²) in [5.41, 5.74) is 0. The monoisotopic (exact) mass is 124 g/mol. The van der Waals surface area contributed by atoms with Gasteiger partial charge in [0.05, 0.1) is 0 Å². The first-order chi connectivity index (χ1) is 4.36. The van der Waals surface area contributed by atoms with Crippen molar-refractivity contribution < 1.29 is 4.79 Å². The lowest BCUT2D eigenvalue weighted by Crippen LogP contribution is -2.16. The predicted octanol–water partition coefficient (Wildman–Crippen LogP) is 1.77. The summed E-state index contributed by atoms with van der Waals surface area (Å²) in [5.74, 6) is 1.96. The maximum Gasteiger partial charge on any atom is 0.135 e. The Bertz CT molecular complexity index is 140. The standard InChI is InChI=1S/C8H12O/c9-8-4-2-6-1-3-7(8)5-6/h6-7H,1-5H2/t6-,7?/m1/s1. The molecule has 1 unspecified atom stereocenters. The van der Waals surface area contributed by atoms with Crippen LogP contribution in [0.3, 0.4) is 0 Å². The van der Waals surface area contributed by atoms with Gasteiger partial charge in [0, 0.05) is 12.3 Å². The van der Waals surface area contributed by atoms with Gasteiger partial charge in [-0.1, -0.05) is 0 Å². The van der Waals surface area contributed by atoms with Crippen LogP contribution >= 0.6 is 0 Å². The minimum absolute atomic E-state index is 0.490. The summed E-state index contributed by atoms with van der Waals surface area (Å²) in [6.07, 6.45) is 5.82. The average molecular weight is 124 g/mol. The summed E-state index contributed by atoms with van der Waals surface area (Å²) in [6.45, 7) is 0. The van der Waals surface area contributed by atoms with Gasteiger partial charge in [-0.05, 0) is 31.6 Å². The third-order valence-electron chi connectivity index (χ3n) is 2.80. The van der Waals surface area contributed by atoms with Crippen molar-refractivity contribution in [1.29, 1.82) is 0 Å². The van der Waals surface area contributed by atoms with E-state index in [1.54, 1.807) is 0 Å². The van der Waals surface area contributed by atoms with Crippen LogP contribution in [0.5, 0.6) is 0 Å². The van der Waals surface area contributed by atoms with Crippen molar-refractivity contribution >= 4 is 5.78 Å². The molecule has 0 aromatic rings. The zero-order valence-corrected chi connectivity index (χ0v) is 5.60. The summed E-state index contributed by atoms with van der Waals surface area (Å²) in [5, 5.41) is 0. The van der Waals surface area contributed by atoms with E-state index in [9.17, 15) is 4.79 Å². The minimum Gasteiger partial charge on any atom is -0.299 e. The summed E-state index contributed by atoms with van der Waals surface area (Å²) in [6, 6.07) is 0. The van der Waals surface area contributed by atoms with Crippen LogP contribution in [0.25, 0.3) is 0 Å². The quantitative estimate of drug-likeness (QED) is 0.481. The van der Waals surface area contributed by atoms with Crippen LogP contribution in [-0.4, -0.2) is 5.78 Å². The lowest BCUT2D eigenvalue weighted by Gasteiger charge is -2.15. The molecule has 1 heteroatoms. The third-order valence-corrected chi connectivity index (χ3v) is 2.80. The van der Waals surface area contributed by atoms with Crippen molar-refractivity contribution in [3.05, 3.63) is 0 Å². The summed E-state index contributed by atoms with van der Waals surface area (Å²) in [7, 11) is 0. The number of Topliss-reactive ketones (excluding diaryl/α,β-unsaturated/α-hetero) is 1. The summed E-state index contributed by atoms with van der Waals surface area (Å²) in [4.78, 5) is 11.1. The first kappa shape index (κ1) is 5.45. The van der Waals surface area contributed by atoms with Gasteiger partial charge in [-0.2, -0.15) is 0 Å². The van der Waals surface area contributed by atoms with Gasteiger partial charge in [-0.3, -0.25) is 4.79 Å². The van der Waals surface area contributed by atoms with E-state index in [2.05, 4.69) is 0 Å². The van der Waals surface area contributed by atoms with Crippen LogP contribution in [0.1, 0.15) is 32.1 Å². The minimum atomic E-state index is 0.490. The average Bonchev–Trinajstić information content (AvgIpc) is 2.25. The van der Waals surface area contributed by atoms with Crippen LogP contribution in [-0.2, 0) is 4.79 Å². The van der Waals surface area contributed by atoms with Crippen LogP contribution < -0.4 is 0 Å². The lowest BCUT2D eigenvalue weighted by molar-refractivity contribution is -0.124. The molecule has 0 aliphatic heterocycles. The highest BCUT2D eigenvalue weighted by molar-refractivity contribution is 5.82. The van der Waals surface area contributed by atoms with E-state index in [0.29, 0.717) is 11.7 Å². The van der Waals surface area contributed by atoms with Crippen LogP contribution in [0.15, 0.2) is 0 Å². The fraction of sp³-hybridized carbons (Fsp3) is 0.875. The molecule has 2 rings (SSSR count). The molecule has 2 fully saturated rings. The van der Waals surface area contributed by atoms with Crippen molar-refractivity contribution in [2.24, 2.45) is 11.8 Å². The van der Waals surface area contributed by atoms with Gasteiger partial charge in [0.2, 0.25) is 0 Å². The lowest BCUT2D eigenvalue weighted by atomic mass is 9.88. The van der Waals surface area contributed by atoms with Gasteiger partial charge >= 0.3 is 0 Å². The first-order valence-electron chi connectivity index (χ1n) is 3.89. The van der Waals surface area contributed by atoms with Gasteiger partial charge in [0.15, 0.2) is 0 Å². The van der Waals surface area contributed by atoms with E-state index in [0.717, 1.165) is 12.3 Å². The molecule has 0 amide bonds. The molecule has 0 spiro atoms. The zero-order chi connectivity index (χ0) is 6.27. The van der Waals surface area contributed by atoms with Crippen LogP contribution in [0.4, 0.5) is 0 Å². The topological polar surface area (TPSA) is 17.1 Å². The molecule has 1 nitrogen and oxygen atoms in total. The Morgan fingerprint density at radius 2 is 2.11 bits per heavy atom. The molecule has 0 radical (unpaired) electrons. The van der Waals surface area contributed by atoms with Crippen molar-refractivity contribution in [3.63, 3.8) is 0 Å². The van der Waals surface area contributed by atoms with Gasteiger partial charge in [-0.25, -0.2) is 0 Å². The smallest absolute Gasteiger partial charge is 0.135 e. The van der Waals surface area contributed by atoms with E-state index in [-0.39, 0.29) is 0 Å². The van der Waals surface area contributed by atoms with E-state index in [1.807, 2.05) is 0 Å². The van der Waals surface area contributed by atoms with Gasteiger partial charge in [-0.15, -0.1) is 0 Å². The Balaban J connectivity index is 2.14. The van der Waals surface area contributed by atoms with Gasteiger partial charge in [0.1, 0.15) is 5.78 Å². The highest BCUT2D eigenvalue weighted by Crippen LogP contribution is 2.39. The molecule has 2 saturated carbocycles. The predicted molar refractivity (Wildman–Crippen MR) is 35.1 cm³/mol. The Morgan fingerprint density at radius 1 is 1.22 bits per heavy atom. The van der Waals surface area contributed by atoms with E-state index in [4.69, 9.17) is 0 Å². The second-order valence-corrected chi connectivity index (χ2v) is 3.38. The molecule has 2 aliphatic carbocycles. The highest BCUT2D eigenvalue weighted by atomic mass is 16.1. The Hall–Kier alpha value is -0.330. The van der Waals surface area contributed by atoms with Crippen molar-refractivity contribution in [2.75, 3.05) is 0 Å². The molecule has 2 atom stereocenters. The van der Waals surface area contributed by atoms with E-state index in [1.165, 1.54) is 25.7 Å².